The second-order valence-corrected chi connectivity index (χ2v) is 7.74. The van der Waals surface area contributed by atoms with Gasteiger partial charge in [-0.25, -0.2) is 8.42 Å². The molecule has 1 aliphatic rings. The lowest BCUT2D eigenvalue weighted by molar-refractivity contribution is 0.285. The van der Waals surface area contributed by atoms with Gasteiger partial charge in [0.15, 0.2) is 0 Å². The van der Waals surface area contributed by atoms with Gasteiger partial charge in [-0.3, -0.25) is 0 Å². The third-order valence-corrected chi connectivity index (χ3v) is 6.42. The summed E-state index contributed by atoms with van der Waals surface area (Å²) >= 11 is 0. The summed E-state index contributed by atoms with van der Waals surface area (Å²) in [5.41, 5.74) is 8.03. The lowest BCUT2D eigenvalue weighted by Crippen LogP contribution is -2.38. The van der Waals surface area contributed by atoms with Gasteiger partial charge in [0.25, 0.3) is 0 Å². The predicted molar refractivity (Wildman–Crippen MR) is 82.2 cm³/mol. The fourth-order valence-corrected chi connectivity index (χ4v) is 4.66. The third-order valence-electron chi connectivity index (χ3n) is 4.39. The minimum absolute atomic E-state index is 0.120. The average molecular weight is 296 g/mol. The van der Waals surface area contributed by atoms with Crippen LogP contribution in [0.25, 0.3) is 0 Å². The van der Waals surface area contributed by atoms with Crippen molar-refractivity contribution in [3.8, 4) is 0 Å². The zero-order valence-corrected chi connectivity index (χ0v) is 13.3. The maximum Gasteiger partial charge on any atom is 0.243 e. The van der Waals surface area contributed by atoms with Crippen LogP contribution in [0, 0.1) is 13.8 Å². The number of nitrogens with two attached hydrogens (primary N) is 1. The van der Waals surface area contributed by atoms with Crippen molar-refractivity contribution in [3.05, 3.63) is 23.3 Å². The molecular weight excluding hydrogens is 272 g/mol. The van der Waals surface area contributed by atoms with E-state index >= 15 is 0 Å². The summed E-state index contributed by atoms with van der Waals surface area (Å²) in [6.45, 7) is 3.74. The Hall–Kier alpha value is -1.07. The van der Waals surface area contributed by atoms with Gasteiger partial charge in [-0.15, -0.1) is 0 Å². The van der Waals surface area contributed by atoms with Crippen molar-refractivity contribution in [1.82, 2.24) is 4.31 Å². The maximum atomic E-state index is 12.8. The summed E-state index contributed by atoms with van der Waals surface area (Å²) < 4.78 is 27.2. The van der Waals surface area contributed by atoms with Crippen molar-refractivity contribution in [2.24, 2.45) is 0 Å². The second-order valence-electron chi connectivity index (χ2n) is 5.77. The van der Waals surface area contributed by atoms with Crippen molar-refractivity contribution in [2.75, 3.05) is 12.8 Å². The van der Waals surface area contributed by atoms with Gasteiger partial charge in [0.1, 0.15) is 0 Å². The number of benzene rings is 1. The van der Waals surface area contributed by atoms with E-state index in [0.717, 1.165) is 36.8 Å². The third kappa shape index (κ3) is 2.83. The molecule has 0 unspecified atom stereocenters. The molecule has 0 bridgehead atoms. The Morgan fingerprint density at radius 1 is 1.15 bits per heavy atom. The van der Waals surface area contributed by atoms with Crippen molar-refractivity contribution >= 4 is 15.7 Å². The largest absolute Gasteiger partial charge is 0.399 e. The molecule has 5 heteroatoms. The van der Waals surface area contributed by atoms with E-state index in [1.165, 1.54) is 6.42 Å². The van der Waals surface area contributed by atoms with Crippen LogP contribution in [0.2, 0.25) is 0 Å². The topological polar surface area (TPSA) is 63.4 Å². The molecular formula is C15H24N2O2S. The summed E-state index contributed by atoms with van der Waals surface area (Å²) in [6, 6.07) is 3.52. The predicted octanol–water partition coefficient (Wildman–Crippen LogP) is 2.84. The Morgan fingerprint density at radius 2 is 1.75 bits per heavy atom. The molecule has 1 saturated carbocycles. The second kappa shape index (κ2) is 5.74. The number of rotatable bonds is 3. The highest BCUT2D eigenvalue weighted by Gasteiger charge is 2.30. The Balaban J connectivity index is 2.39. The summed E-state index contributed by atoms with van der Waals surface area (Å²) in [4.78, 5) is 0.350. The molecule has 0 spiro atoms. The van der Waals surface area contributed by atoms with Crippen LogP contribution in [0.5, 0.6) is 0 Å². The fraction of sp³-hybridized carbons (Fsp3) is 0.600. The summed E-state index contributed by atoms with van der Waals surface area (Å²) in [5, 5.41) is 0. The highest BCUT2D eigenvalue weighted by molar-refractivity contribution is 7.89. The molecule has 0 amide bonds. The van der Waals surface area contributed by atoms with Gasteiger partial charge in [0.05, 0.1) is 4.90 Å². The van der Waals surface area contributed by atoms with Crippen molar-refractivity contribution in [1.29, 1.82) is 0 Å². The van der Waals surface area contributed by atoms with Crippen molar-refractivity contribution in [2.45, 2.75) is 56.9 Å². The van der Waals surface area contributed by atoms with E-state index in [2.05, 4.69) is 0 Å². The first kappa shape index (κ1) is 15.3. The summed E-state index contributed by atoms with van der Waals surface area (Å²) in [5.74, 6) is 0. The minimum atomic E-state index is -3.46. The first-order valence-electron chi connectivity index (χ1n) is 7.19. The standard InChI is InChI=1S/C15H24N2O2S/c1-11-9-13(16)10-15(12(11)2)20(18,19)17(3)14-7-5-4-6-8-14/h9-10,14H,4-8,16H2,1-3H3. The van der Waals surface area contributed by atoms with E-state index in [-0.39, 0.29) is 6.04 Å². The van der Waals surface area contributed by atoms with Gasteiger partial charge in [0.2, 0.25) is 10.0 Å². The zero-order chi connectivity index (χ0) is 14.9. The van der Waals surface area contributed by atoms with Gasteiger partial charge >= 0.3 is 0 Å². The summed E-state index contributed by atoms with van der Waals surface area (Å²) in [7, 11) is -1.76. The smallest absolute Gasteiger partial charge is 0.243 e. The number of aryl methyl sites for hydroxylation is 1. The Labute approximate surface area is 122 Å². The monoisotopic (exact) mass is 296 g/mol. The van der Waals surface area contributed by atoms with Crippen LogP contribution < -0.4 is 5.73 Å². The van der Waals surface area contributed by atoms with Crippen LogP contribution in [0.1, 0.15) is 43.2 Å². The number of hydrogen-bond acceptors (Lipinski definition) is 3. The summed E-state index contributed by atoms with van der Waals surface area (Å²) in [6.07, 6.45) is 5.34. The number of nitrogen functional groups attached to an aromatic ring is 1. The van der Waals surface area contributed by atoms with Gasteiger partial charge in [-0.2, -0.15) is 4.31 Å². The number of hydrogen-bond donors (Lipinski definition) is 1. The maximum absolute atomic E-state index is 12.8. The van der Waals surface area contributed by atoms with E-state index in [9.17, 15) is 8.42 Å². The molecule has 112 valence electrons. The molecule has 2 rings (SSSR count). The molecule has 1 aromatic rings. The highest BCUT2D eigenvalue weighted by Crippen LogP contribution is 2.29. The van der Waals surface area contributed by atoms with Gasteiger partial charge < -0.3 is 5.73 Å². The minimum Gasteiger partial charge on any atom is -0.399 e. The van der Waals surface area contributed by atoms with E-state index in [1.807, 2.05) is 19.9 Å². The van der Waals surface area contributed by atoms with Gasteiger partial charge in [-0.05, 0) is 49.9 Å². The van der Waals surface area contributed by atoms with Gasteiger partial charge in [-0.1, -0.05) is 19.3 Å². The van der Waals surface area contributed by atoms with Crippen LogP contribution in [0.4, 0.5) is 5.69 Å². The lowest BCUT2D eigenvalue weighted by atomic mass is 9.96. The molecule has 0 saturated heterocycles. The Kier molecular flexibility index (Phi) is 4.39. The van der Waals surface area contributed by atoms with Crippen LogP contribution in [0.15, 0.2) is 17.0 Å². The average Bonchev–Trinajstić information content (AvgIpc) is 2.42. The molecule has 0 heterocycles. The molecule has 0 atom stereocenters. The quantitative estimate of drug-likeness (QED) is 0.872. The molecule has 4 nitrogen and oxygen atoms in total. The SMILES string of the molecule is Cc1cc(N)cc(S(=O)(=O)N(C)C2CCCCC2)c1C. The molecule has 1 aliphatic carbocycles. The number of nitrogens with zero attached hydrogens (tertiary/aromatic N) is 1. The first-order chi connectivity index (χ1) is 9.34. The van der Waals surface area contributed by atoms with E-state index in [4.69, 9.17) is 5.73 Å². The molecule has 1 aromatic carbocycles. The van der Waals surface area contributed by atoms with Crippen molar-refractivity contribution in [3.63, 3.8) is 0 Å². The number of anilines is 1. The lowest BCUT2D eigenvalue weighted by Gasteiger charge is -2.31. The Morgan fingerprint density at radius 3 is 2.35 bits per heavy atom. The normalized spacial score (nSPS) is 17.6. The zero-order valence-electron chi connectivity index (χ0n) is 12.5. The van der Waals surface area contributed by atoms with E-state index in [1.54, 1.807) is 17.4 Å². The van der Waals surface area contributed by atoms with Crippen molar-refractivity contribution < 1.29 is 8.42 Å². The highest BCUT2D eigenvalue weighted by atomic mass is 32.2. The molecule has 1 fully saturated rings. The molecule has 0 radical (unpaired) electrons. The van der Waals surface area contributed by atoms with Crippen LogP contribution in [-0.2, 0) is 10.0 Å². The Bertz CT molecular complexity index is 590. The van der Waals surface area contributed by atoms with E-state index in [0.29, 0.717) is 10.6 Å². The molecule has 0 aromatic heterocycles. The van der Waals surface area contributed by atoms with Crippen LogP contribution >= 0.6 is 0 Å². The van der Waals surface area contributed by atoms with Crippen LogP contribution in [-0.4, -0.2) is 25.8 Å². The molecule has 0 aliphatic heterocycles. The van der Waals surface area contributed by atoms with Crippen LogP contribution in [0.3, 0.4) is 0 Å². The fourth-order valence-electron chi connectivity index (χ4n) is 2.92. The van der Waals surface area contributed by atoms with E-state index < -0.39 is 10.0 Å². The number of sulfonamides is 1. The first-order valence-corrected chi connectivity index (χ1v) is 8.63. The molecule has 20 heavy (non-hydrogen) atoms. The van der Waals surface area contributed by atoms with Gasteiger partial charge in [0, 0.05) is 18.8 Å². The molecule has 2 N–H and O–H groups in total.